The maximum Gasteiger partial charge on any atom is 0.257 e. The number of nitrogens with two attached hydrogens (primary N) is 1. The number of aliphatic hydroxyl groups excluding tert-OH is 1. The highest BCUT2D eigenvalue weighted by atomic mass is 16.7. The average molecular weight is 449 g/mol. The zero-order valence-corrected chi connectivity index (χ0v) is 19.3. The Morgan fingerprint density at radius 3 is 1.68 bits per heavy atom. The van der Waals surface area contributed by atoms with Crippen molar-refractivity contribution in [3.63, 3.8) is 0 Å². The Labute approximate surface area is 202 Å². The van der Waals surface area contributed by atoms with Crippen molar-refractivity contribution in [3.05, 3.63) is 144 Å². The molecule has 1 aliphatic rings. The van der Waals surface area contributed by atoms with Crippen LogP contribution < -0.4 is 5.73 Å². The summed E-state index contributed by atoms with van der Waals surface area (Å²) >= 11 is 0. The smallest absolute Gasteiger partial charge is 0.257 e. The van der Waals surface area contributed by atoms with Crippen LogP contribution in [-0.2, 0) is 4.84 Å². The first-order valence-electron chi connectivity index (χ1n) is 11.5. The highest BCUT2D eigenvalue weighted by Gasteiger charge is 2.35. The van der Waals surface area contributed by atoms with Gasteiger partial charge in [0.25, 0.3) is 7.41 Å². The second kappa shape index (κ2) is 11.8. The van der Waals surface area contributed by atoms with Gasteiger partial charge in [-0.1, -0.05) is 121 Å². The predicted octanol–water partition coefficient (Wildman–Crippen LogP) is 5.39. The van der Waals surface area contributed by atoms with Crippen molar-refractivity contribution < 1.29 is 9.94 Å². The van der Waals surface area contributed by atoms with E-state index in [-0.39, 0.29) is 18.0 Å². The Balaban J connectivity index is 0.000000162. The molecule has 0 aromatic heterocycles. The van der Waals surface area contributed by atoms with Crippen LogP contribution in [0.15, 0.2) is 121 Å². The lowest BCUT2D eigenvalue weighted by molar-refractivity contribution is -0.0961. The molecule has 1 heterocycles. The number of hydrogen-bond donors (Lipinski definition) is 2. The SMILES string of the molecule is CN1[B][C@H](c2ccccc2)[C@@H](c2ccccc2)O1.N[C@@H](c1ccccc1)[C@H](O)c1ccccc1. The molecule has 5 rings (SSSR count). The lowest BCUT2D eigenvalue weighted by Gasteiger charge is -2.19. The van der Waals surface area contributed by atoms with Gasteiger partial charge in [0.05, 0.1) is 12.1 Å². The molecular formula is C29H30BN2O2. The number of rotatable bonds is 5. The molecule has 4 atom stereocenters. The van der Waals surface area contributed by atoms with E-state index in [4.69, 9.17) is 10.6 Å². The van der Waals surface area contributed by atoms with Crippen LogP contribution in [0.25, 0.3) is 0 Å². The number of hydrogen-bond acceptors (Lipinski definition) is 4. The van der Waals surface area contributed by atoms with Gasteiger partial charge >= 0.3 is 0 Å². The third-order valence-corrected chi connectivity index (χ3v) is 5.95. The first-order valence-corrected chi connectivity index (χ1v) is 11.5. The van der Waals surface area contributed by atoms with Crippen molar-refractivity contribution >= 4 is 7.41 Å². The predicted molar refractivity (Wildman–Crippen MR) is 138 cm³/mol. The molecule has 1 radical (unpaired) electrons. The van der Waals surface area contributed by atoms with Crippen molar-refractivity contribution in [2.75, 3.05) is 7.05 Å². The Morgan fingerprint density at radius 2 is 1.15 bits per heavy atom. The number of aliphatic hydroxyl groups is 1. The second-order valence-electron chi connectivity index (χ2n) is 8.36. The highest BCUT2D eigenvalue weighted by Crippen LogP contribution is 2.38. The van der Waals surface area contributed by atoms with Gasteiger partial charge in [0.1, 0.15) is 6.10 Å². The van der Waals surface area contributed by atoms with E-state index in [1.807, 2.05) is 84.8 Å². The van der Waals surface area contributed by atoms with Gasteiger partial charge in [0, 0.05) is 5.82 Å². The van der Waals surface area contributed by atoms with Crippen molar-refractivity contribution in [2.24, 2.45) is 5.73 Å². The largest absolute Gasteiger partial charge is 0.386 e. The van der Waals surface area contributed by atoms with Gasteiger partial charge in [-0.3, -0.25) is 0 Å². The minimum Gasteiger partial charge on any atom is -0.386 e. The zero-order valence-electron chi connectivity index (χ0n) is 19.3. The van der Waals surface area contributed by atoms with Crippen LogP contribution in [0.4, 0.5) is 0 Å². The van der Waals surface area contributed by atoms with Gasteiger partial charge in [-0.2, -0.15) is 0 Å². The van der Waals surface area contributed by atoms with E-state index in [1.165, 1.54) is 11.1 Å². The summed E-state index contributed by atoms with van der Waals surface area (Å²) in [6.45, 7) is 0. The molecule has 0 aliphatic carbocycles. The molecular weight excluding hydrogens is 419 g/mol. The Hall–Kier alpha value is -3.22. The third-order valence-electron chi connectivity index (χ3n) is 5.95. The summed E-state index contributed by atoms with van der Waals surface area (Å²) in [5.41, 5.74) is 10.3. The van der Waals surface area contributed by atoms with E-state index in [0.29, 0.717) is 0 Å². The molecule has 1 aliphatic heterocycles. The Kier molecular flexibility index (Phi) is 8.28. The van der Waals surface area contributed by atoms with Gasteiger partial charge in [0.2, 0.25) is 0 Å². The number of nitrogens with zero attached hydrogens (tertiary/aromatic N) is 1. The summed E-state index contributed by atoms with van der Waals surface area (Å²) in [5.74, 6) is 0.276. The fourth-order valence-electron chi connectivity index (χ4n) is 4.15. The molecule has 0 saturated carbocycles. The highest BCUT2D eigenvalue weighted by molar-refractivity contribution is 6.35. The number of hydroxylamine groups is 1. The molecule has 34 heavy (non-hydrogen) atoms. The minimum atomic E-state index is -0.663. The van der Waals surface area contributed by atoms with Gasteiger partial charge in [-0.05, 0) is 29.3 Å². The molecule has 3 N–H and O–H groups in total. The Bertz CT molecular complexity index is 1020. The van der Waals surface area contributed by atoms with Crippen LogP contribution in [0, 0.1) is 0 Å². The van der Waals surface area contributed by atoms with Gasteiger partial charge < -0.3 is 15.7 Å². The molecule has 0 unspecified atom stereocenters. The molecule has 0 amide bonds. The lowest BCUT2D eigenvalue weighted by Crippen LogP contribution is -2.19. The summed E-state index contributed by atoms with van der Waals surface area (Å²) in [7, 11) is 4.08. The summed E-state index contributed by atoms with van der Waals surface area (Å²) in [6, 6.07) is 39.6. The molecule has 0 spiro atoms. The average Bonchev–Trinajstić information content (AvgIpc) is 3.32. The van der Waals surface area contributed by atoms with E-state index in [1.54, 1.807) is 0 Å². The van der Waals surface area contributed by atoms with Gasteiger partial charge in [-0.15, -0.1) is 0 Å². The van der Waals surface area contributed by atoms with Crippen LogP contribution in [0.5, 0.6) is 0 Å². The second-order valence-corrected chi connectivity index (χ2v) is 8.36. The summed E-state index contributed by atoms with van der Waals surface area (Å²) in [6.07, 6.45) is -0.595. The van der Waals surface area contributed by atoms with Crippen LogP contribution in [0.1, 0.15) is 46.3 Å². The van der Waals surface area contributed by atoms with Crippen LogP contribution >= 0.6 is 0 Å². The van der Waals surface area contributed by atoms with E-state index < -0.39 is 6.10 Å². The summed E-state index contributed by atoms with van der Waals surface area (Å²) < 4.78 is 0. The first-order chi connectivity index (χ1) is 16.6. The fourth-order valence-corrected chi connectivity index (χ4v) is 4.15. The first kappa shape index (κ1) is 23.9. The topological polar surface area (TPSA) is 58.7 Å². The summed E-state index contributed by atoms with van der Waals surface area (Å²) in [5, 5.41) is 10.1. The van der Waals surface area contributed by atoms with Gasteiger partial charge in [0.15, 0.2) is 0 Å². The molecule has 4 aromatic carbocycles. The van der Waals surface area contributed by atoms with Crippen LogP contribution in [0.2, 0.25) is 0 Å². The normalized spacial score (nSPS) is 19.4. The maximum absolute atomic E-state index is 10.1. The monoisotopic (exact) mass is 449 g/mol. The molecule has 5 heteroatoms. The third kappa shape index (κ3) is 6.01. The van der Waals surface area contributed by atoms with Crippen molar-refractivity contribution in [1.29, 1.82) is 0 Å². The molecule has 4 nitrogen and oxygen atoms in total. The fraction of sp³-hybridized carbons (Fsp3) is 0.172. The van der Waals surface area contributed by atoms with E-state index in [0.717, 1.165) is 11.1 Å². The standard InChI is InChI=1S/C15H15BNO.C14H15NO/c1-17-16-14(12-8-4-2-5-9-12)15(18-17)13-10-6-3-7-11-13;15-13(11-7-3-1-4-8-11)14(16)12-9-5-2-6-10-12/h2-11,14-15H,1H3;1-10,13-14,16H,15H2/t14-,15-;13-,14+/m10/s1. The minimum absolute atomic E-state index is 0.0681. The van der Waals surface area contributed by atoms with Crippen molar-refractivity contribution in [2.45, 2.75) is 24.1 Å². The van der Waals surface area contributed by atoms with E-state index in [9.17, 15) is 5.11 Å². The van der Waals surface area contributed by atoms with E-state index in [2.05, 4.69) is 55.9 Å². The Morgan fingerprint density at radius 1 is 0.706 bits per heavy atom. The lowest BCUT2D eigenvalue weighted by atomic mass is 9.68. The molecule has 1 saturated heterocycles. The molecule has 0 bridgehead atoms. The summed E-state index contributed by atoms with van der Waals surface area (Å²) in [4.78, 5) is 7.71. The van der Waals surface area contributed by atoms with E-state index >= 15 is 0 Å². The quantitative estimate of drug-likeness (QED) is 0.402. The number of benzene rings is 4. The molecule has 1 fully saturated rings. The van der Waals surface area contributed by atoms with Crippen LogP contribution in [-0.4, -0.2) is 24.5 Å². The maximum atomic E-state index is 10.1. The van der Waals surface area contributed by atoms with Crippen LogP contribution in [0.3, 0.4) is 0 Å². The van der Waals surface area contributed by atoms with Gasteiger partial charge in [-0.25, -0.2) is 4.97 Å². The zero-order chi connectivity index (χ0) is 23.8. The molecule has 171 valence electrons. The van der Waals surface area contributed by atoms with Crippen molar-refractivity contribution in [3.8, 4) is 0 Å². The molecule has 4 aromatic rings. The van der Waals surface area contributed by atoms with Crippen molar-refractivity contribution in [1.82, 2.24) is 4.97 Å².